The van der Waals surface area contributed by atoms with E-state index in [4.69, 9.17) is 0 Å². The van der Waals surface area contributed by atoms with E-state index in [2.05, 4.69) is 11.7 Å². The summed E-state index contributed by atoms with van der Waals surface area (Å²) in [6.07, 6.45) is 1.89. The molecule has 2 rings (SSSR count). The Labute approximate surface area is 111 Å². The van der Waals surface area contributed by atoms with Gasteiger partial charge in [-0.2, -0.15) is 0 Å². The molecule has 0 spiro atoms. The van der Waals surface area contributed by atoms with Crippen molar-refractivity contribution in [2.75, 3.05) is 7.11 Å². The zero-order valence-corrected chi connectivity index (χ0v) is 11.2. The van der Waals surface area contributed by atoms with Crippen molar-refractivity contribution in [1.29, 1.82) is 0 Å². The number of carbonyl (C=O) groups excluding carboxylic acids is 1. The SMILES string of the molecule is CCCCn1c(=O)c(C(=O)OC)cc2ccccc21. The van der Waals surface area contributed by atoms with Crippen LogP contribution in [0.1, 0.15) is 30.1 Å². The molecule has 0 aliphatic heterocycles. The summed E-state index contributed by atoms with van der Waals surface area (Å²) in [6.45, 7) is 2.68. The molecule has 1 aromatic carbocycles. The highest BCUT2D eigenvalue weighted by Crippen LogP contribution is 2.14. The predicted octanol–water partition coefficient (Wildman–Crippen LogP) is 2.59. The zero-order valence-electron chi connectivity index (χ0n) is 11.2. The number of nitrogens with zero attached hydrogens (tertiary/aromatic N) is 1. The highest BCUT2D eigenvalue weighted by atomic mass is 16.5. The number of ether oxygens (including phenoxy) is 1. The van der Waals surface area contributed by atoms with Gasteiger partial charge in [0.1, 0.15) is 5.56 Å². The number of aromatic nitrogens is 1. The van der Waals surface area contributed by atoms with Gasteiger partial charge in [0.2, 0.25) is 0 Å². The Morgan fingerprint density at radius 1 is 1.32 bits per heavy atom. The van der Waals surface area contributed by atoms with Crippen molar-refractivity contribution < 1.29 is 9.53 Å². The third-order valence-electron chi connectivity index (χ3n) is 3.14. The number of fused-ring (bicyclic) bond motifs is 1. The largest absolute Gasteiger partial charge is 0.465 e. The van der Waals surface area contributed by atoms with Gasteiger partial charge in [0, 0.05) is 6.54 Å². The molecule has 0 saturated heterocycles. The van der Waals surface area contributed by atoms with E-state index in [1.165, 1.54) is 7.11 Å². The second-order valence-electron chi connectivity index (χ2n) is 4.42. The summed E-state index contributed by atoms with van der Waals surface area (Å²) in [4.78, 5) is 24.0. The van der Waals surface area contributed by atoms with Crippen molar-refractivity contribution >= 4 is 16.9 Å². The first-order valence-corrected chi connectivity index (χ1v) is 6.40. The molecule has 0 fully saturated rings. The highest BCUT2D eigenvalue weighted by molar-refractivity contribution is 5.93. The molecule has 2 aromatic rings. The lowest BCUT2D eigenvalue weighted by molar-refractivity contribution is 0.0598. The van der Waals surface area contributed by atoms with Gasteiger partial charge in [0.05, 0.1) is 12.6 Å². The molecule has 1 aromatic heterocycles. The van der Waals surface area contributed by atoms with Crippen LogP contribution in [0.5, 0.6) is 0 Å². The molecule has 0 aliphatic carbocycles. The van der Waals surface area contributed by atoms with Crippen LogP contribution in [0.2, 0.25) is 0 Å². The minimum Gasteiger partial charge on any atom is -0.465 e. The first-order chi connectivity index (χ1) is 9.19. The van der Waals surface area contributed by atoms with E-state index in [9.17, 15) is 9.59 Å². The lowest BCUT2D eigenvalue weighted by Crippen LogP contribution is -2.27. The van der Waals surface area contributed by atoms with Crippen LogP contribution in [-0.2, 0) is 11.3 Å². The van der Waals surface area contributed by atoms with Gasteiger partial charge in [-0.3, -0.25) is 4.79 Å². The molecule has 0 radical (unpaired) electrons. The molecule has 0 amide bonds. The van der Waals surface area contributed by atoms with E-state index in [0.717, 1.165) is 23.7 Å². The fourth-order valence-corrected chi connectivity index (χ4v) is 2.12. The van der Waals surface area contributed by atoms with Crippen LogP contribution in [0.25, 0.3) is 10.9 Å². The summed E-state index contributed by atoms with van der Waals surface area (Å²) in [6, 6.07) is 9.17. The number of hydrogen-bond acceptors (Lipinski definition) is 3. The van der Waals surface area contributed by atoms with Crippen molar-refractivity contribution in [2.45, 2.75) is 26.3 Å². The van der Waals surface area contributed by atoms with Crippen molar-refractivity contribution in [2.24, 2.45) is 0 Å². The van der Waals surface area contributed by atoms with Gasteiger partial charge in [0.15, 0.2) is 0 Å². The van der Waals surface area contributed by atoms with Crippen molar-refractivity contribution in [1.82, 2.24) is 4.57 Å². The highest BCUT2D eigenvalue weighted by Gasteiger charge is 2.15. The van der Waals surface area contributed by atoms with E-state index in [1.54, 1.807) is 10.6 Å². The first-order valence-electron chi connectivity index (χ1n) is 6.40. The van der Waals surface area contributed by atoms with E-state index >= 15 is 0 Å². The minimum absolute atomic E-state index is 0.0947. The maximum absolute atomic E-state index is 12.4. The Morgan fingerprint density at radius 2 is 2.05 bits per heavy atom. The van der Waals surface area contributed by atoms with Gasteiger partial charge < -0.3 is 9.30 Å². The molecule has 0 unspecified atom stereocenters. The van der Waals surface area contributed by atoms with Crippen molar-refractivity contribution in [3.8, 4) is 0 Å². The quantitative estimate of drug-likeness (QED) is 0.793. The van der Waals surface area contributed by atoms with Crippen LogP contribution in [-0.4, -0.2) is 17.6 Å². The summed E-state index contributed by atoms with van der Waals surface area (Å²) >= 11 is 0. The smallest absolute Gasteiger partial charge is 0.343 e. The number of rotatable bonds is 4. The Morgan fingerprint density at radius 3 is 2.74 bits per heavy atom. The molecule has 19 heavy (non-hydrogen) atoms. The van der Waals surface area contributed by atoms with E-state index < -0.39 is 5.97 Å². The summed E-state index contributed by atoms with van der Waals surface area (Å²) in [5.74, 6) is -0.582. The average molecular weight is 259 g/mol. The first kappa shape index (κ1) is 13.3. The normalized spacial score (nSPS) is 10.6. The van der Waals surface area contributed by atoms with Gasteiger partial charge in [-0.25, -0.2) is 4.79 Å². The maximum Gasteiger partial charge on any atom is 0.343 e. The number of aryl methyl sites for hydroxylation is 1. The monoisotopic (exact) mass is 259 g/mol. The summed E-state index contributed by atoms with van der Waals surface area (Å²) in [5.41, 5.74) is 0.671. The van der Waals surface area contributed by atoms with E-state index in [1.807, 2.05) is 24.3 Å². The molecule has 100 valence electrons. The van der Waals surface area contributed by atoms with Gasteiger partial charge in [-0.15, -0.1) is 0 Å². The van der Waals surface area contributed by atoms with Gasteiger partial charge in [0.25, 0.3) is 5.56 Å². The van der Waals surface area contributed by atoms with Gasteiger partial charge in [-0.05, 0) is 23.9 Å². The number of pyridine rings is 1. The predicted molar refractivity (Wildman–Crippen MR) is 74.5 cm³/mol. The van der Waals surface area contributed by atoms with Gasteiger partial charge in [-0.1, -0.05) is 31.5 Å². The third-order valence-corrected chi connectivity index (χ3v) is 3.14. The molecule has 0 bridgehead atoms. The molecular formula is C15H17NO3. The van der Waals surface area contributed by atoms with Gasteiger partial charge >= 0.3 is 5.97 Å². The average Bonchev–Trinajstić information content (AvgIpc) is 2.45. The Hall–Kier alpha value is -2.10. The summed E-state index contributed by atoms with van der Waals surface area (Å²) < 4.78 is 6.33. The number of carbonyl (C=O) groups is 1. The summed E-state index contributed by atoms with van der Waals surface area (Å²) in [7, 11) is 1.29. The second-order valence-corrected chi connectivity index (χ2v) is 4.42. The molecule has 0 aliphatic rings. The standard InChI is InChI=1S/C15H17NO3/c1-3-4-9-16-13-8-6-5-7-11(13)10-12(14(16)17)15(18)19-2/h5-8,10H,3-4,9H2,1-2H3. The van der Waals surface area contributed by atoms with Crippen LogP contribution in [0.3, 0.4) is 0 Å². The van der Waals surface area contributed by atoms with Crippen molar-refractivity contribution in [3.63, 3.8) is 0 Å². The maximum atomic E-state index is 12.4. The van der Waals surface area contributed by atoms with Crippen LogP contribution in [0.4, 0.5) is 0 Å². The van der Waals surface area contributed by atoms with Crippen LogP contribution < -0.4 is 5.56 Å². The third kappa shape index (κ3) is 2.52. The number of benzene rings is 1. The number of para-hydroxylation sites is 1. The molecule has 0 saturated carbocycles. The number of hydrogen-bond donors (Lipinski definition) is 0. The molecule has 0 N–H and O–H groups in total. The fourth-order valence-electron chi connectivity index (χ4n) is 2.12. The van der Waals surface area contributed by atoms with E-state index in [0.29, 0.717) is 6.54 Å². The zero-order chi connectivity index (χ0) is 13.8. The molecule has 4 heteroatoms. The minimum atomic E-state index is -0.582. The molecule has 1 heterocycles. The molecule has 0 atom stereocenters. The fraction of sp³-hybridized carbons (Fsp3) is 0.333. The lowest BCUT2D eigenvalue weighted by Gasteiger charge is -2.11. The second kappa shape index (κ2) is 5.69. The number of methoxy groups -OCH3 is 1. The topological polar surface area (TPSA) is 48.3 Å². The van der Waals surface area contributed by atoms with Crippen LogP contribution >= 0.6 is 0 Å². The van der Waals surface area contributed by atoms with Crippen molar-refractivity contribution in [3.05, 3.63) is 46.2 Å². The Bertz CT molecular complexity index is 658. The van der Waals surface area contributed by atoms with Crippen LogP contribution in [0.15, 0.2) is 35.1 Å². The Kier molecular flexibility index (Phi) is 4.00. The Balaban J connectivity index is 2.70. The van der Waals surface area contributed by atoms with Crippen LogP contribution in [0, 0.1) is 0 Å². The molecule has 4 nitrogen and oxygen atoms in total. The molecular weight excluding hydrogens is 242 g/mol. The summed E-state index contributed by atoms with van der Waals surface area (Å²) in [5, 5.41) is 0.874. The van der Waals surface area contributed by atoms with E-state index in [-0.39, 0.29) is 11.1 Å². The number of unbranched alkanes of at least 4 members (excludes halogenated alkanes) is 1. The lowest BCUT2D eigenvalue weighted by atomic mass is 10.1. The number of esters is 1.